The van der Waals surface area contributed by atoms with Crippen LogP contribution in [0.3, 0.4) is 0 Å². The van der Waals surface area contributed by atoms with Crippen LogP contribution in [0.4, 0.5) is 5.69 Å². The molecule has 0 saturated heterocycles. The van der Waals surface area contributed by atoms with Gasteiger partial charge in [-0.05, 0) is 36.1 Å². The Hall–Kier alpha value is -3.26. The molecule has 1 aromatic heterocycles. The van der Waals surface area contributed by atoms with Gasteiger partial charge in [0.05, 0.1) is 5.75 Å². The molecule has 2 heterocycles. The number of nitrogens with one attached hydrogen (secondary N) is 1. The van der Waals surface area contributed by atoms with Gasteiger partial charge in [-0.2, -0.15) is 0 Å². The highest BCUT2D eigenvalue weighted by Crippen LogP contribution is 2.36. The molecule has 0 fully saturated rings. The third-order valence-corrected chi connectivity index (χ3v) is 6.42. The highest BCUT2D eigenvalue weighted by Gasteiger charge is 2.28. The van der Waals surface area contributed by atoms with E-state index >= 15 is 0 Å². The fourth-order valence-electron chi connectivity index (χ4n) is 3.80. The lowest BCUT2D eigenvalue weighted by Gasteiger charge is -2.26. The van der Waals surface area contributed by atoms with E-state index in [1.807, 2.05) is 34.9 Å². The van der Waals surface area contributed by atoms with Crippen LogP contribution in [-0.4, -0.2) is 33.0 Å². The van der Waals surface area contributed by atoms with Crippen molar-refractivity contribution in [3.63, 3.8) is 0 Å². The maximum Gasteiger partial charge on any atom is 0.234 e. The van der Waals surface area contributed by atoms with E-state index in [4.69, 9.17) is 9.47 Å². The molecular weight excluding hydrogens is 436 g/mol. The summed E-state index contributed by atoms with van der Waals surface area (Å²) in [6, 6.07) is 13.7. The van der Waals surface area contributed by atoms with Crippen molar-refractivity contribution < 1.29 is 14.3 Å². The van der Waals surface area contributed by atoms with Gasteiger partial charge in [-0.15, -0.1) is 16.8 Å². The van der Waals surface area contributed by atoms with Gasteiger partial charge < -0.3 is 14.8 Å². The van der Waals surface area contributed by atoms with Gasteiger partial charge in [-0.1, -0.05) is 62.0 Å². The van der Waals surface area contributed by atoms with Crippen molar-refractivity contribution in [2.45, 2.75) is 44.5 Å². The zero-order valence-corrected chi connectivity index (χ0v) is 19.7. The number of para-hydroxylation sites is 3. The molecule has 3 aromatic rings. The number of carbonyl (C=O) groups excluding carboxylic acids is 1. The summed E-state index contributed by atoms with van der Waals surface area (Å²) in [5.74, 6) is 2.19. The highest BCUT2D eigenvalue weighted by molar-refractivity contribution is 7.99. The first-order valence-corrected chi connectivity index (χ1v) is 12.1. The summed E-state index contributed by atoms with van der Waals surface area (Å²) < 4.78 is 13.9. The molecule has 172 valence electrons. The summed E-state index contributed by atoms with van der Waals surface area (Å²) in [4.78, 5) is 12.8. The molecule has 0 spiro atoms. The molecule has 0 aliphatic carbocycles. The van der Waals surface area contributed by atoms with E-state index in [1.54, 1.807) is 6.08 Å². The van der Waals surface area contributed by atoms with Gasteiger partial charge in [-0.3, -0.25) is 9.36 Å². The fraction of sp³-hybridized carbons (Fsp3) is 0.320. The normalized spacial score (nSPS) is 14.7. The Labute approximate surface area is 198 Å². The number of amides is 1. The average molecular weight is 465 g/mol. The standard InChI is InChI=1S/C25H28N4O3S/c1-4-14-29-24(21-15-31-19-12-7-8-13-20(19)32-21)27-28-25(29)33-16-22(30)26-23-17(5-2)10-9-11-18(23)6-3/h4,7-13,21H,1,5-6,14-16H2,2-3H3,(H,26,30). The van der Waals surface area contributed by atoms with E-state index in [-0.39, 0.29) is 17.8 Å². The number of ether oxygens (including phenoxy) is 2. The van der Waals surface area contributed by atoms with Crippen LogP contribution >= 0.6 is 11.8 Å². The number of nitrogens with zero attached hydrogens (tertiary/aromatic N) is 3. The lowest BCUT2D eigenvalue weighted by atomic mass is 10.0. The monoisotopic (exact) mass is 464 g/mol. The molecule has 7 nitrogen and oxygen atoms in total. The van der Waals surface area contributed by atoms with E-state index in [1.165, 1.54) is 11.8 Å². The van der Waals surface area contributed by atoms with Crippen LogP contribution in [0.1, 0.15) is 36.9 Å². The molecule has 4 rings (SSSR count). The molecule has 1 amide bonds. The second kappa shape index (κ2) is 10.6. The Bertz CT molecular complexity index is 1120. The molecule has 0 radical (unpaired) electrons. The van der Waals surface area contributed by atoms with Gasteiger partial charge in [0.25, 0.3) is 0 Å². The van der Waals surface area contributed by atoms with Crippen molar-refractivity contribution in [3.05, 3.63) is 72.1 Å². The lowest BCUT2D eigenvalue weighted by molar-refractivity contribution is -0.113. The van der Waals surface area contributed by atoms with Crippen molar-refractivity contribution >= 4 is 23.4 Å². The van der Waals surface area contributed by atoms with Crippen molar-refractivity contribution in [2.75, 3.05) is 17.7 Å². The largest absolute Gasteiger partial charge is 0.485 e. The van der Waals surface area contributed by atoms with E-state index in [0.29, 0.717) is 35.6 Å². The minimum Gasteiger partial charge on any atom is -0.485 e. The number of aryl methyl sites for hydroxylation is 2. The molecule has 0 saturated carbocycles. The number of fused-ring (bicyclic) bond motifs is 1. The van der Waals surface area contributed by atoms with Crippen LogP contribution in [0.5, 0.6) is 11.5 Å². The average Bonchev–Trinajstić information content (AvgIpc) is 3.25. The van der Waals surface area contributed by atoms with Crippen molar-refractivity contribution in [2.24, 2.45) is 0 Å². The van der Waals surface area contributed by atoms with Crippen LogP contribution in [0.2, 0.25) is 0 Å². The maximum atomic E-state index is 12.8. The number of aromatic nitrogens is 3. The number of rotatable bonds is 9. The minimum atomic E-state index is -0.390. The van der Waals surface area contributed by atoms with E-state index in [2.05, 4.69) is 48.1 Å². The van der Waals surface area contributed by atoms with Gasteiger partial charge in [0, 0.05) is 12.2 Å². The number of allylic oxidation sites excluding steroid dienone is 1. The van der Waals surface area contributed by atoms with Crippen LogP contribution in [0.15, 0.2) is 60.3 Å². The summed E-state index contributed by atoms with van der Waals surface area (Å²) in [6.07, 6.45) is 3.11. The number of hydrogen-bond donors (Lipinski definition) is 1. The topological polar surface area (TPSA) is 78.3 Å². The van der Waals surface area contributed by atoms with Crippen LogP contribution < -0.4 is 14.8 Å². The van der Waals surface area contributed by atoms with Gasteiger partial charge in [-0.25, -0.2) is 0 Å². The van der Waals surface area contributed by atoms with Crippen molar-refractivity contribution in [3.8, 4) is 11.5 Å². The first kappa shape index (κ1) is 22.9. The second-order valence-corrected chi connectivity index (χ2v) is 8.54. The minimum absolute atomic E-state index is 0.0727. The molecular formula is C25H28N4O3S. The number of carbonyl (C=O) groups is 1. The van der Waals surface area contributed by atoms with Crippen LogP contribution in [0.25, 0.3) is 0 Å². The Kier molecular flexibility index (Phi) is 7.34. The summed E-state index contributed by atoms with van der Waals surface area (Å²) >= 11 is 1.34. The quantitative estimate of drug-likeness (QED) is 0.361. The molecule has 2 aromatic carbocycles. The number of thioether (sulfide) groups is 1. The molecule has 8 heteroatoms. The number of benzene rings is 2. The first-order valence-electron chi connectivity index (χ1n) is 11.1. The maximum absolute atomic E-state index is 12.8. The molecule has 1 aliphatic heterocycles. The molecule has 33 heavy (non-hydrogen) atoms. The SMILES string of the molecule is C=CCn1c(SCC(=O)Nc2c(CC)cccc2CC)nnc1C1COc2ccccc2O1. The zero-order chi connectivity index (χ0) is 23.2. The van der Waals surface area contributed by atoms with Gasteiger partial charge in [0.15, 0.2) is 28.6 Å². The molecule has 1 N–H and O–H groups in total. The Morgan fingerprint density at radius 2 is 1.88 bits per heavy atom. The van der Waals surface area contributed by atoms with Crippen LogP contribution in [0, 0.1) is 0 Å². The van der Waals surface area contributed by atoms with Crippen molar-refractivity contribution in [1.29, 1.82) is 0 Å². The Morgan fingerprint density at radius 3 is 2.58 bits per heavy atom. The molecule has 1 aliphatic rings. The van der Waals surface area contributed by atoms with Crippen molar-refractivity contribution in [1.82, 2.24) is 14.8 Å². The molecule has 1 atom stereocenters. The molecule has 0 bridgehead atoms. The number of hydrogen-bond acceptors (Lipinski definition) is 6. The third-order valence-electron chi connectivity index (χ3n) is 5.45. The fourth-order valence-corrected chi connectivity index (χ4v) is 4.56. The van der Waals surface area contributed by atoms with Gasteiger partial charge >= 0.3 is 0 Å². The Morgan fingerprint density at radius 1 is 1.15 bits per heavy atom. The summed E-state index contributed by atoms with van der Waals surface area (Å²) in [5.41, 5.74) is 3.20. The van der Waals surface area contributed by atoms with E-state index in [9.17, 15) is 4.79 Å². The zero-order valence-electron chi connectivity index (χ0n) is 18.9. The van der Waals surface area contributed by atoms with Crippen LogP contribution in [-0.2, 0) is 24.2 Å². The van der Waals surface area contributed by atoms with Gasteiger partial charge in [0.1, 0.15) is 6.61 Å². The van der Waals surface area contributed by atoms with E-state index in [0.717, 1.165) is 29.7 Å². The summed E-state index contributed by atoms with van der Waals surface area (Å²) in [6.45, 7) is 8.88. The third kappa shape index (κ3) is 5.06. The smallest absolute Gasteiger partial charge is 0.234 e. The lowest BCUT2D eigenvalue weighted by Crippen LogP contribution is -2.25. The second-order valence-electron chi connectivity index (χ2n) is 7.60. The summed E-state index contributed by atoms with van der Waals surface area (Å²) in [7, 11) is 0. The molecule has 1 unspecified atom stereocenters. The predicted octanol–water partition coefficient (Wildman–Crippen LogP) is 4.83. The Balaban J connectivity index is 1.47. The van der Waals surface area contributed by atoms with E-state index < -0.39 is 0 Å². The number of anilines is 1. The summed E-state index contributed by atoms with van der Waals surface area (Å²) in [5, 5.41) is 12.4. The highest BCUT2D eigenvalue weighted by atomic mass is 32.2. The first-order chi connectivity index (χ1) is 16.1. The van der Waals surface area contributed by atoms with Gasteiger partial charge in [0.2, 0.25) is 5.91 Å². The predicted molar refractivity (Wildman–Crippen MR) is 130 cm³/mol.